The molecule has 1 fully saturated rings. The first-order valence-electron chi connectivity index (χ1n) is 6.78. The van der Waals surface area contributed by atoms with Crippen molar-refractivity contribution in [3.05, 3.63) is 5.28 Å². The van der Waals surface area contributed by atoms with Gasteiger partial charge < -0.3 is 15.0 Å². The average Bonchev–Trinajstić information content (AvgIpc) is 2.44. The van der Waals surface area contributed by atoms with E-state index in [2.05, 4.69) is 25.2 Å². The van der Waals surface area contributed by atoms with Crippen molar-refractivity contribution in [2.75, 3.05) is 63.7 Å². The Balaban J connectivity index is 1.75. The number of rotatable bonds is 6. The van der Waals surface area contributed by atoms with Crippen molar-refractivity contribution in [2.45, 2.75) is 6.42 Å². The van der Waals surface area contributed by atoms with Gasteiger partial charge in [-0.05, 0) is 24.6 Å². The van der Waals surface area contributed by atoms with Gasteiger partial charge in [-0.15, -0.1) is 0 Å². The number of hydrogen-bond donors (Lipinski definition) is 1. The SMILES string of the molecule is CN(C)c1nc(Cl)nc(NCCCN2CCOCC2)n1. The van der Waals surface area contributed by atoms with Gasteiger partial charge in [-0.1, -0.05) is 0 Å². The van der Waals surface area contributed by atoms with E-state index in [0.29, 0.717) is 11.9 Å². The molecule has 1 N–H and O–H groups in total. The minimum atomic E-state index is 0.208. The van der Waals surface area contributed by atoms with Gasteiger partial charge in [-0.25, -0.2) is 0 Å². The van der Waals surface area contributed by atoms with Crippen LogP contribution in [0.25, 0.3) is 0 Å². The molecule has 0 radical (unpaired) electrons. The minimum Gasteiger partial charge on any atom is -0.379 e. The molecule has 1 aliphatic heterocycles. The Bertz CT molecular complexity index is 424. The fourth-order valence-corrected chi connectivity index (χ4v) is 2.10. The molecule has 0 saturated carbocycles. The predicted octanol–water partition coefficient (Wildman–Crippen LogP) is 0.725. The van der Waals surface area contributed by atoms with E-state index in [1.54, 1.807) is 4.90 Å². The standard InChI is InChI=1S/C12H21ClN6O/c1-18(2)12-16-10(13)15-11(17-12)14-4-3-5-19-6-8-20-9-7-19/h3-9H2,1-2H3,(H,14,15,16,17). The largest absolute Gasteiger partial charge is 0.379 e. The van der Waals surface area contributed by atoms with Gasteiger partial charge in [0.2, 0.25) is 17.2 Å². The summed E-state index contributed by atoms with van der Waals surface area (Å²) in [6, 6.07) is 0. The van der Waals surface area contributed by atoms with Crippen LogP contribution in [-0.2, 0) is 4.74 Å². The molecule has 1 saturated heterocycles. The van der Waals surface area contributed by atoms with Crippen molar-refractivity contribution in [3.8, 4) is 0 Å². The third kappa shape index (κ3) is 4.73. The molecule has 0 bridgehead atoms. The molecule has 7 nitrogen and oxygen atoms in total. The molecule has 8 heteroatoms. The Labute approximate surface area is 124 Å². The number of ether oxygens (including phenoxy) is 1. The molecule has 2 heterocycles. The summed E-state index contributed by atoms with van der Waals surface area (Å²) in [6.45, 7) is 5.57. The van der Waals surface area contributed by atoms with Gasteiger partial charge in [-0.2, -0.15) is 15.0 Å². The summed E-state index contributed by atoms with van der Waals surface area (Å²) in [6.07, 6.45) is 1.03. The zero-order chi connectivity index (χ0) is 14.4. The summed E-state index contributed by atoms with van der Waals surface area (Å²) < 4.78 is 5.32. The topological polar surface area (TPSA) is 66.4 Å². The summed E-state index contributed by atoms with van der Waals surface area (Å²) in [5, 5.41) is 3.40. The maximum absolute atomic E-state index is 5.88. The Morgan fingerprint density at radius 1 is 1.25 bits per heavy atom. The van der Waals surface area contributed by atoms with Crippen LogP contribution in [0.3, 0.4) is 0 Å². The van der Waals surface area contributed by atoms with Gasteiger partial charge in [0.15, 0.2) is 0 Å². The third-order valence-corrected chi connectivity index (χ3v) is 3.20. The lowest BCUT2D eigenvalue weighted by atomic mass is 10.3. The molecule has 1 aromatic heterocycles. The van der Waals surface area contributed by atoms with Crippen LogP contribution in [-0.4, -0.2) is 73.3 Å². The normalized spacial score (nSPS) is 16.1. The van der Waals surface area contributed by atoms with Crippen LogP contribution in [0.2, 0.25) is 5.28 Å². The lowest BCUT2D eigenvalue weighted by Gasteiger charge is -2.26. The molecule has 112 valence electrons. The molecule has 20 heavy (non-hydrogen) atoms. The smallest absolute Gasteiger partial charge is 0.230 e. The van der Waals surface area contributed by atoms with Crippen LogP contribution >= 0.6 is 11.6 Å². The summed E-state index contributed by atoms with van der Waals surface area (Å²) in [5.74, 6) is 1.08. The van der Waals surface area contributed by atoms with Gasteiger partial charge in [0, 0.05) is 33.7 Å². The number of morpholine rings is 1. The van der Waals surface area contributed by atoms with Crippen molar-refractivity contribution in [3.63, 3.8) is 0 Å². The molecule has 0 aliphatic carbocycles. The van der Waals surface area contributed by atoms with Crippen LogP contribution < -0.4 is 10.2 Å². The monoisotopic (exact) mass is 300 g/mol. The summed E-state index contributed by atoms with van der Waals surface area (Å²) in [7, 11) is 3.74. The van der Waals surface area contributed by atoms with E-state index in [1.165, 1.54) is 0 Å². The van der Waals surface area contributed by atoms with E-state index < -0.39 is 0 Å². The Morgan fingerprint density at radius 3 is 2.70 bits per heavy atom. The molecule has 0 spiro atoms. The lowest BCUT2D eigenvalue weighted by Crippen LogP contribution is -2.37. The molecule has 0 atom stereocenters. The highest BCUT2D eigenvalue weighted by Crippen LogP contribution is 2.11. The van der Waals surface area contributed by atoms with E-state index in [1.807, 2.05) is 14.1 Å². The van der Waals surface area contributed by atoms with E-state index in [4.69, 9.17) is 16.3 Å². The predicted molar refractivity (Wildman–Crippen MR) is 79.5 cm³/mol. The first-order valence-corrected chi connectivity index (χ1v) is 7.16. The van der Waals surface area contributed by atoms with Crippen molar-refractivity contribution >= 4 is 23.5 Å². The number of aromatic nitrogens is 3. The van der Waals surface area contributed by atoms with Crippen molar-refractivity contribution < 1.29 is 4.74 Å². The van der Waals surface area contributed by atoms with Crippen LogP contribution in [0.4, 0.5) is 11.9 Å². The van der Waals surface area contributed by atoms with Gasteiger partial charge in [-0.3, -0.25) is 4.90 Å². The molecule has 0 amide bonds. The Kier molecular flexibility index (Phi) is 5.75. The second-order valence-corrected chi connectivity index (χ2v) is 5.19. The van der Waals surface area contributed by atoms with Crippen LogP contribution in [0.15, 0.2) is 0 Å². The fraction of sp³-hybridized carbons (Fsp3) is 0.750. The van der Waals surface area contributed by atoms with E-state index in [-0.39, 0.29) is 5.28 Å². The van der Waals surface area contributed by atoms with Crippen LogP contribution in [0, 0.1) is 0 Å². The van der Waals surface area contributed by atoms with Gasteiger partial charge in [0.25, 0.3) is 0 Å². The highest BCUT2D eigenvalue weighted by molar-refractivity contribution is 6.28. The third-order valence-electron chi connectivity index (χ3n) is 3.03. The highest BCUT2D eigenvalue weighted by atomic mass is 35.5. The number of anilines is 2. The molecule has 0 aromatic carbocycles. The Hall–Kier alpha value is -1.18. The van der Waals surface area contributed by atoms with Crippen LogP contribution in [0.5, 0.6) is 0 Å². The van der Waals surface area contributed by atoms with E-state index >= 15 is 0 Å². The molecule has 1 aromatic rings. The lowest BCUT2D eigenvalue weighted by molar-refractivity contribution is 0.0378. The van der Waals surface area contributed by atoms with E-state index in [9.17, 15) is 0 Å². The summed E-state index contributed by atoms with van der Waals surface area (Å²) in [4.78, 5) is 16.6. The maximum Gasteiger partial charge on any atom is 0.230 e. The second-order valence-electron chi connectivity index (χ2n) is 4.86. The van der Waals surface area contributed by atoms with Gasteiger partial charge in [0.05, 0.1) is 13.2 Å². The van der Waals surface area contributed by atoms with Crippen molar-refractivity contribution in [1.29, 1.82) is 0 Å². The zero-order valence-electron chi connectivity index (χ0n) is 12.0. The maximum atomic E-state index is 5.88. The first kappa shape index (κ1) is 15.2. The number of nitrogens with zero attached hydrogens (tertiary/aromatic N) is 5. The molecular weight excluding hydrogens is 280 g/mol. The first-order chi connectivity index (χ1) is 9.65. The number of halogens is 1. The van der Waals surface area contributed by atoms with Crippen molar-refractivity contribution in [1.82, 2.24) is 19.9 Å². The van der Waals surface area contributed by atoms with Crippen molar-refractivity contribution in [2.24, 2.45) is 0 Å². The second kappa shape index (κ2) is 7.56. The quantitative estimate of drug-likeness (QED) is 0.777. The minimum absolute atomic E-state index is 0.208. The average molecular weight is 301 g/mol. The molecule has 1 aliphatic rings. The molecule has 2 rings (SSSR count). The molecule has 0 unspecified atom stereocenters. The number of hydrogen-bond acceptors (Lipinski definition) is 7. The van der Waals surface area contributed by atoms with Gasteiger partial charge in [0.1, 0.15) is 0 Å². The Morgan fingerprint density at radius 2 is 2.00 bits per heavy atom. The van der Waals surface area contributed by atoms with Gasteiger partial charge >= 0.3 is 0 Å². The summed E-state index contributed by atoms with van der Waals surface area (Å²) >= 11 is 5.88. The number of nitrogens with one attached hydrogen (secondary N) is 1. The zero-order valence-corrected chi connectivity index (χ0v) is 12.7. The van der Waals surface area contributed by atoms with Crippen LogP contribution in [0.1, 0.15) is 6.42 Å². The fourth-order valence-electron chi connectivity index (χ4n) is 1.95. The summed E-state index contributed by atoms with van der Waals surface area (Å²) in [5.41, 5.74) is 0. The highest BCUT2D eigenvalue weighted by Gasteiger charge is 2.10. The molecular formula is C12H21ClN6O. The van der Waals surface area contributed by atoms with E-state index in [0.717, 1.165) is 45.8 Å².